The summed E-state index contributed by atoms with van der Waals surface area (Å²) >= 11 is 0. The van der Waals surface area contributed by atoms with Gasteiger partial charge in [-0.2, -0.15) is 0 Å². The summed E-state index contributed by atoms with van der Waals surface area (Å²) in [5.41, 5.74) is -0.657. The van der Waals surface area contributed by atoms with Gasteiger partial charge in [0.05, 0.1) is 19.7 Å². The lowest BCUT2D eigenvalue weighted by Gasteiger charge is -2.47. The van der Waals surface area contributed by atoms with Gasteiger partial charge in [-0.05, 0) is 38.0 Å². The smallest absolute Gasteiger partial charge is 0.164 e. The quantitative estimate of drug-likeness (QED) is 0.688. The SMILES string of the molecule is C[C@@H]1OC(C)(C)O[C@]12C=CC(=O)[C@H]2[Si](C)(C)C(C)(C)C. The van der Waals surface area contributed by atoms with Crippen molar-refractivity contribution in [2.45, 2.75) is 82.7 Å². The molecule has 0 amide bonds. The van der Waals surface area contributed by atoms with Crippen molar-refractivity contribution in [3.8, 4) is 0 Å². The average Bonchev–Trinajstić information content (AvgIpc) is 2.64. The maximum absolute atomic E-state index is 12.6. The molecular weight excluding hydrogens is 268 g/mol. The molecule has 0 radical (unpaired) electrons. The molecule has 0 saturated carbocycles. The van der Waals surface area contributed by atoms with Crippen molar-refractivity contribution < 1.29 is 14.3 Å². The fourth-order valence-corrected chi connectivity index (χ4v) is 6.68. The zero-order valence-corrected chi connectivity index (χ0v) is 15.0. The van der Waals surface area contributed by atoms with Crippen LogP contribution < -0.4 is 0 Å². The molecule has 1 fully saturated rings. The Morgan fingerprint density at radius 1 is 1.25 bits per heavy atom. The van der Waals surface area contributed by atoms with Crippen molar-refractivity contribution in [2.24, 2.45) is 0 Å². The molecule has 1 saturated heterocycles. The van der Waals surface area contributed by atoms with Crippen molar-refractivity contribution in [1.29, 1.82) is 0 Å². The second kappa shape index (κ2) is 4.28. The zero-order valence-electron chi connectivity index (χ0n) is 14.0. The van der Waals surface area contributed by atoms with Gasteiger partial charge in [0.25, 0.3) is 0 Å². The van der Waals surface area contributed by atoms with Crippen LogP contribution in [0.3, 0.4) is 0 Å². The first-order valence-corrected chi connectivity index (χ1v) is 10.5. The van der Waals surface area contributed by atoms with Crippen molar-refractivity contribution >= 4 is 13.9 Å². The second-order valence-corrected chi connectivity index (χ2v) is 13.8. The van der Waals surface area contributed by atoms with E-state index in [0.717, 1.165) is 0 Å². The van der Waals surface area contributed by atoms with E-state index in [1.807, 2.05) is 26.8 Å². The van der Waals surface area contributed by atoms with E-state index in [0.29, 0.717) is 0 Å². The Labute approximate surface area is 123 Å². The summed E-state index contributed by atoms with van der Waals surface area (Å²) in [4.78, 5) is 12.6. The normalized spacial score (nSPS) is 37.1. The Bertz CT molecular complexity index is 459. The Morgan fingerprint density at radius 2 is 1.80 bits per heavy atom. The first-order valence-electron chi connectivity index (χ1n) is 7.44. The highest BCUT2D eigenvalue weighted by atomic mass is 28.3. The molecule has 1 aliphatic carbocycles. The van der Waals surface area contributed by atoms with Crippen LogP contribution in [0.25, 0.3) is 0 Å². The van der Waals surface area contributed by atoms with Crippen molar-refractivity contribution in [3.05, 3.63) is 12.2 Å². The van der Waals surface area contributed by atoms with E-state index in [1.165, 1.54) is 0 Å². The first kappa shape index (κ1) is 15.9. The number of carbonyl (C=O) groups is 1. The van der Waals surface area contributed by atoms with Crippen LogP contribution in [0.1, 0.15) is 41.5 Å². The number of hydrogen-bond acceptors (Lipinski definition) is 3. The van der Waals surface area contributed by atoms with Gasteiger partial charge in [0.1, 0.15) is 5.60 Å². The lowest BCUT2D eigenvalue weighted by Crippen LogP contribution is -2.55. The Balaban J connectivity index is 2.50. The second-order valence-electron chi connectivity index (χ2n) is 8.26. The molecule has 0 aromatic rings. The highest BCUT2D eigenvalue weighted by Crippen LogP contribution is 2.57. The Morgan fingerprint density at radius 3 is 2.20 bits per heavy atom. The van der Waals surface area contributed by atoms with Gasteiger partial charge in [-0.25, -0.2) is 0 Å². The predicted molar refractivity (Wildman–Crippen MR) is 83.5 cm³/mol. The van der Waals surface area contributed by atoms with Crippen LogP contribution in [0.15, 0.2) is 12.2 Å². The molecule has 1 aliphatic heterocycles. The lowest BCUT2D eigenvalue weighted by molar-refractivity contribution is -0.156. The number of carbonyl (C=O) groups excluding carboxylic acids is 1. The lowest BCUT2D eigenvalue weighted by atomic mass is 9.96. The fraction of sp³-hybridized carbons (Fsp3) is 0.812. The molecule has 114 valence electrons. The summed E-state index contributed by atoms with van der Waals surface area (Å²) in [5, 5.41) is 0.127. The number of allylic oxidation sites excluding steroid dienone is 1. The van der Waals surface area contributed by atoms with E-state index in [2.05, 4.69) is 33.9 Å². The van der Waals surface area contributed by atoms with Crippen molar-refractivity contribution in [2.75, 3.05) is 0 Å². The number of ketones is 1. The van der Waals surface area contributed by atoms with Crippen molar-refractivity contribution in [3.63, 3.8) is 0 Å². The van der Waals surface area contributed by atoms with Gasteiger partial charge < -0.3 is 9.47 Å². The van der Waals surface area contributed by atoms with E-state index in [9.17, 15) is 4.79 Å². The molecule has 4 heteroatoms. The maximum Gasteiger partial charge on any atom is 0.164 e. The van der Waals surface area contributed by atoms with Gasteiger partial charge in [0.15, 0.2) is 11.6 Å². The topological polar surface area (TPSA) is 35.5 Å². The minimum atomic E-state index is -1.89. The monoisotopic (exact) mass is 296 g/mol. The molecule has 0 bridgehead atoms. The van der Waals surface area contributed by atoms with E-state index in [1.54, 1.807) is 6.08 Å². The third kappa shape index (κ3) is 2.13. The van der Waals surface area contributed by atoms with E-state index >= 15 is 0 Å². The Kier molecular flexibility index (Phi) is 3.40. The van der Waals surface area contributed by atoms with Crippen LogP contribution in [0.2, 0.25) is 23.7 Å². The summed E-state index contributed by atoms with van der Waals surface area (Å²) < 4.78 is 12.2. The first-order chi connectivity index (χ1) is 8.83. The summed E-state index contributed by atoms with van der Waals surface area (Å²) in [6.07, 6.45) is 3.58. The highest BCUT2D eigenvalue weighted by Gasteiger charge is 2.64. The highest BCUT2D eigenvalue weighted by molar-refractivity contribution is 6.85. The van der Waals surface area contributed by atoms with Gasteiger partial charge >= 0.3 is 0 Å². The van der Waals surface area contributed by atoms with Gasteiger partial charge in [-0.15, -0.1) is 0 Å². The summed E-state index contributed by atoms with van der Waals surface area (Å²) in [6.45, 7) is 17.2. The maximum atomic E-state index is 12.6. The molecule has 0 aromatic heterocycles. The minimum Gasteiger partial charge on any atom is -0.344 e. The van der Waals surface area contributed by atoms with Gasteiger partial charge in [0, 0.05) is 0 Å². The van der Waals surface area contributed by atoms with Crippen LogP contribution >= 0.6 is 0 Å². The number of rotatable bonds is 1. The van der Waals surface area contributed by atoms with Crippen LogP contribution in [0.5, 0.6) is 0 Å². The minimum absolute atomic E-state index is 0.0771. The number of ether oxygens (including phenoxy) is 2. The Hall–Kier alpha value is -0.453. The molecular formula is C16H28O3Si. The van der Waals surface area contributed by atoms with Crippen LogP contribution in [-0.4, -0.2) is 31.3 Å². The van der Waals surface area contributed by atoms with Crippen molar-refractivity contribution in [1.82, 2.24) is 0 Å². The van der Waals surface area contributed by atoms with E-state index in [4.69, 9.17) is 9.47 Å². The third-order valence-corrected chi connectivity index (χ3v) is 11.5. The van der Waals surface area contributed by atoms with E-state index < -0.39 is 19.5 Å². The molecule has 2 aliphatic rings. The molecule has 2 rings (SSSR count). The standard InChI is InChI=1S/C16H28O3Si/c1-11-16(19-15(5,6)18-11)10-9-12(17)13(16)20(7,8)14(2,3)4/h9-11,13H,1-8H3/t11-,13+,16+/m0/s1. The average molecular weight is 296 g/mol. The van der Waals surface area contributed by atoms with Gasteiger partial charge in [-0.1, -0.05) is 33.9 Å². The molecule has 3 nitrogen and oxygen atoms in total. The van der Waals surface area contributed by atoms with Crippen LogP contribution in [0.4, 0.5) is 0 Å². The predicted octanol–water partition coefficient (Wildman–Crippen LogP) is 3.91. The molecule has 1 spiro atoms. The summed E-state index contributed by atoms with van der Waals surface area (Å²) in [7, 11) is -1.89. The summed E-state index contributed by atoms with van der Waals surface area (Å²) in [6, 6.07) is 0. The number of hydrogen-bond donors (Lipinski definition) is 0. The van der Waals surface area contributed by atoms with Crippen LogP contribution in [0, 0.1) is 0 Å². The van der Waals surface area contributed by atoms with Crippen LogP contribution in [-0.2, 0) is 14.3 Å². The van der Waals surface area contributed by atoms with Gasteiger partial charge in [-0.3, -0.25) is 4.79 Å². The summed E-state index contributed by atoms with van der Waals surface area (Å²) in [5.74, 6) is -0.417. The zero-order chi connectivity index (χ0) is 15.6. The third-order valence-electron chi connectivity index (χ3n) is 5.42. The molecule has 0 unspecified atom stereocenters. The van der Waals surface area contributed by atoms with E-state index in [-0.39, 0.29) is 22.5 Å². The molecule has 0 N–H and O–H groups in total. The molecule has 20 heavy (non-hydrogen) atoms. The largest absolute Gasteiger partial charge is 0.344 e. The molecule has 1 heterocycles. The molecule has 0 aromatic carbocycles. The van der Waals surface area contributed by atoms with Gasteiger partial charge in [0.2, 0.25) is 0 Å². The fourth-order valence-electron chi connectivity index (χ4n) is 3.49. The molecule has 3 atom stereocenters.